The molecule has 1 heterocycles. The van der Waals surface area contributed by atoms with Crippen LogP contribution in [0.3, 0.4) is 0 Å². The van der Waals surface area contributed by atoms with Crippen molar-refractivity contribution in [1.29, 1.82) is 0 Å². The average molecular weight is 346 g/mol. The Morgan fingerprint density at radius 1 is 1.19 bits per heavy atom. The van der Waals surface area contributed by atoms with Crippen LogP contribution in [0.25, 0.3) is 0 Å². The van der Waals surface area contributed by atoms with Crippen LogP contribution in [0.1, 0.15) is 22.1 Å². The number of amides is 1. The molecule has 2 aromatic rings. The molecular weight excluding hydrogens is 335 g/mol. The number of aliphatic hydroxyl groups excluding tert-OH is 1. The summed E-state index contributed by atoms with van der Waals surface area (Å²) < 4.78 is 0. The minimum atomic E-state index is -0.564. The van der Waals surface area contributed by atoms with Crippen LogP contribution in [-0.2, 0) is 0 Å². The molecule has 0 aliphatic rings. The number of rotatable bonds is 4. The average Bonchev–Trinajstić information content (AvgIpc) is 2.51. The van der Waals surface area contributed by atoms with Crippen molar-refractivity contribution in [2.45, 2.75) is 6.04 Å². The van der Waals surface area contributed by atoms with Crippen molar-refractivity contribution in [3.63, 3.8) is 0 Å². The Balaban J connectivity index is 2.23. The topological polar surface area (TPSA) is 62.2 Å². The highest BCUT2D eigenvalue weighted by molar-refractivity contribution is 6.48. The minimum absolute atomic E-state index is 0.0218. The van der Waals surface area contributed by atoms with Crippen LogP contribution in [0.15, 0.2) is 36.5 Å². The van der Waals surface area contributed by atoms with Crippen LogP contribution in [-0.4, -0.2) is 22.6 Å². The summed E-state index contributed by atoms with van der Waals surface area (Å²) in [6.07, 6.45) is 1.25. The standard InChI is InChI=1S/C14H11Cl3N2O2/c15-9-6-18-13(12(17)11(9)16)14(21)19-10(7-20)8-4-2-1-3-5-8/h1-6,10,20H,7H2,(H,19,21)/t10-/m0/s1. The zero-order chi connectivity index (χ0) is 15.4. The van der Waals surface area contributed by atoms with E-state index in [4.69, 9.17) is 34.8 Å². The molecule has 0 fully saturated rings. The van der Waals surface area contributed by atoms with Crippen LogP contribution in [0.4, 0.5) is 0 Å². The van der Waals surface area contributed by atoms with Gasteiger partial charge in [-0.25, -0.2) is 4.98 Å². The molecule has 2 N–H and O–H groups in total. The molecule has 1 amide bonds. The lowest BCUT2D eigenvalue weighted by Gasteiger charge is -2.17. The highest BCUT2D eigenvalue weighted by Crippen LogP contribution is 2.31. The third-order valence-corrected chi connectivity index (χ3v) is 4.06. The molecule has 0 radical (unpaired) electrons. The van der Waals surface area contributed by atoms with Crippen LogP contribution in [0.5, 0.6) is 0 Å². The molecule has 110 valence electrons. The molecule has 2 rings (SSSR count). The molecule has 0 spiro atoms. The molecule has 1 aromatic carbocycles. The van der Waals surface area contributed by atoms with E-state index in [-0.39, 0.29) is 27.4 Å². The second-order valence-corrected chi connectivity index (χ2v) is 5.37. The molecule has 4 nitrogen and oxygen atoms in total. The fraction of sp³-hybridized carbons (Fsp3) is 0.143. The molecule has 0 aliphatic heterocycles. The Kier molecular flexibility index (Phi) is 5.42. The van der Waals surface area contributed by atoms with Crippen LogP contribution >= 0.6 is 34.8 Å². The second-order valence-electron chi connectivity index (χ2n) is 4.20. The van der Waals surface area contributed by atoms with E-state index >= 15 is 0 Å². The third kappa shape index (κ3) is 3.66. The van der Waals surface area contributed by atoms with Gasteiger partial charge in [0.2, 0.25) is 0 Å². The lowest BCUT2D eigenvalue weighted by Crippen LogP contribution is -2.31. The fourth-order valence-corrected chi connectivity index (χ4v) is 2.31. The number of carbonyl (C=O) groups excluding carboxylic acids is 1. The van der Waals surface area contributed by atoms with Gasteiger partial charge in [-0.05, 0) is 5.56 Å². The first-order valence-electron chi connectivity index (χ1n) is 6.00. The van der Waals surface area contributed by atoms with E-state index in [9.17, 15) is 9.90 Å². The zero-order valence-electron chi connectivity index (χ0n) is 10.7. The molecule has 0 bridgehead atoms. The molecule has 0 saturated heterocycles. The summed E-state index contributed by atoms with van der Waals surface area (Å²) in [5.74, 6) is -0.540. The van der Waals surface area contributed by atoms with Crippen LogP contribution < -0.4 is 5.32 Å². The number of hydrogen-bond acceptors (Lipinski definition) is 3. The monoisotopic (exact) mass is 344 g/mol. The van der Waals surface area contributed by atoms with Gasteiger partial charge in [0.15, 0.2) is 0 Å². The molecule has 1 atom stereocenters. The number of halogens is 3. The summed E-state index contributed by atoms with van der Waals surface area (Å²) in [6, 6.07) is 8.50. The lowest BCUT2D eigenvalue weighted by molar-refractivity contribution is 0.0911. The van der Waals surface area contributed by atoms with Crippen molar-refractivity contribution in [3.05, 3.63) is 62.9 Å². The van der Waals surface area contributed by atoms with Crippen molar-refractivity contribution in [1.82, 2.24) is 10.3 Å². The van der Waals surface area contributed by atoms with Gasteiger partial charge < -0.3 is 10.4 Å². The van der Waals surface area contributed by atoms with Crippen LogP contribution in [0.2, 0.25) is 15.1 Å². The SMILES string of the molecule is O=C(N[C@@H](CO)c1ccccc1)c1ncc(Cl)c(Cl)c1Cl. The third-order valence-electron chi connectivity index (χ3n) is 2.82. The predicted molar refractivity (Wildman–Crippen MR) is 83.0 cm³/mol. The Labute approximate surface area is 136 Å². The molecular formula is C14H11Cl3N2O2. The quantitative estimate of drug-likeness (QED) is 0.891. The van der Waals surface area contributed by atoms with Crippen molar-refractivity contribution < 1.29 is 9.90 Å². The van der Waals surface area contributed by atoms with E-state index in [1.165, 1.54) is 6.20 Å². The number of nitrogens with one attached hydrogen (secondary N) is 1. The maximum Gasteiger partial charge on any atom is 0.272 e. The smallest absolute Gasteiger partial charge is 0.272 e. The molecule has 0 aliphatic carbocycles. The summed E-state index contributed by atoms with van der Waals surface area (Å²) in [5.41, 5.74) is 0.727. The number of carbonyl (C=O) groups is 1. The number of aromatic nitrogens is 1. The summed E-state index contributed by atoms with van der Waals surface area (Å²) in [7, 11) is 0. The molecule has 0 unspecified atom stereocenters. The summed E-state index contributed by atoms with van der Waals surface area (Å²) in [6.45, 7) is -0.255. The summed E-state index contributed by atoms with van der Waals surface area (Å²) in [5, 5.41) is 12.3. The first kappa shape index (κ1) is 16.0. The van der Waals surface area contributed by atoms with Gasteiger partial charge in [0.05, 0.1) is 27.7 Å². The van der Waals surface area contributed by atoms with Gasteiger partial charge in [-0.1, -0.05) is 65.1 Å². The van der Waals surface area contributed by atoms with Gasteiger partial charge in [0.25, 0.3) is 5.91 Å². The molecule has 0 saturated carbocycles. The number of pyridine rings is 1. The zero-order valence-corrected chi connectivity index (χ0v) is 13.0. The fourth-order valence-electron chi connectivity index (χ4n) is 1.75. The number of nitrogens with zero attached hydrogens (tertiary/aromatic N) is 1. The lowest BCUT2D eigenvalue weighted by atomic mass is 10.1. The van der Waals surface area contributed by atoms with E-state index in [1.807, 2.05) is 18.2 Å². The number of benzene rings is 1. The van der Waals surface area contributed by atoms with E-state index in [0.717, 1.165) is 5.56 Å². The van der Waals surface area contributed by atoms with E-state index in [1.54, 1.807) is 12.1 Å². The summed E-state index contributed by atoms with van der Waals surface area (Å²) in [4.78, 5) is 16.1. The highest BCUT2D eigenvalue weighted by atomic mass is 35.5. The normalized spacial score (nSPS) is 12.0. The first-order chi connectivity index (χ1) is 10.0. The second kappa shape index (κ2) is 7.09. The van der Waals surface area contributed by atoms with Gasteiger partial charge in [0, 0.05) is 6.20 Å². The van der Waals surface area contributed by atoms with E-state index in [2.05, 4.69) is 10.3 Å². The van der Waals surface area contributed by atoms with E-state index < -0.39 is 11.9 Å². The van der Waals surface area contributed by atoms with Gasteiger partial charge in [-0.15, -0.1) is 0 Å². The Bertz CT molecular complexity index is 650. The Hall–Kier alpha value is -1.33. The van der Waals surface area contributed by atoms with E-state index in [0.29, 0.717) is 0 Å². The maximum absolute atomic E-state index is 12.2. The predicted octanol–water partition coefficient (Wildman–Crippen LogP) is 3.51. The Morgan fingerprint density at radius 3 is 2.48 bits per heavy atom. The molecule has 1 aromatic heterocycles. The van der Waals surface area contributed by atoms with Gasteiger partial charge in [-0.3, -0.25) is 4.79 Å². The van der Waals surface area contributed by atoms with Crippen molar-refractivity contribution in [3.8, 4) is 0 Å². The molecule has 21 heavy (non-hydrogen) atoms. The summed E-state index contributed by atoms with van der Waals surface area (Å²) >= 11 is 17.6. The van der Waals surface area contributed by atoms with Crippen molar-refractivity contribution >= 4 is 40.7 Å². The molecule has 7 heteroatoms. The Morgan fingerprint density at radius 2 is 1.86 bits per heavy atom. The first-order valence-corrected chi connectivity index (χ1v) is 7.14. The largest absolute Gasteiger partial charge is 0.394 e. The number of aliphatic hydroxyl groups is 1. The number of hydrogen-bond donors (Lipinski definition) is 2. The van der Waals surface area contributed by atoms with Crippen molar-refractivity contribution in [2.75, 3.05) is 6.61 Å². The highest BCUT2D eigenvalue weighted by Gasteiger charge is 2.20. The van der Waals surface area contributed by atoms with Crippen molar-refractivity contribution in [2.24, 2.45) is 0 Å². The van der Waals surface area contributed by atoms with Gasteiger partial charge in [0.1, 0.15) is 5.69 Å². The van der Waals surface area contributed by atoms with Gasteiger partial charge >= 0.3 is 0 Å². The van der Waals surface area contributed by atoms with Gasteiger partial charge in [-0.2, -0.15) is 0 Å². The minimum Gasteiger partial charge on any atom is -0.394 e. The maximum atomic E-state index is 12.2. The van der Waals surface area contributed by atoms with Crippen LogP contribution in [0, 0.1) is 0 Å².